The van der Waals surface area contributed by atoms with Gasteiger partial charge in [-0.05, 0) is 61.2 Å². The summed E-state index contributed by atoms with van der Waals surface area (Å²) in [5.74, 6) is 0.911. The maximum atomic E-state index is 4.35. The third-order valence-corrected chi connectivity index (χ3v) is 3.87. The van der Waals surface area contributed by atoms with E-state index in [2.05, 4.69) is 52.8 Å². The van der Waals surface area contributed by atoms with E-state index in [0.29, 0.717) is 0 Å². The number of nitrogens with one attached hydrogen (secondary N) is 1. The Kier molecular flexibility index (Phi) is 2.49. The van der Waals surface area contributed by atoms with E-state index in [1.165, 1.54) is 23.2 Å². The van der Waals surface area contributed by atoms with Gasteiger partial charge in [0.1, 0.15) is 0 Å². The highest BCUT2D eigenvalue weighted by Crippen LogP contribution is 2.27. The highest BCUT2D eigenvalue weighted by Gasteiger charge is 2.13. The Labute approximate surface area is 117 Å². The quantitative estimate of drug-likeness (QED) is 0.734. The SMILES string of the molecule is Cc1ccn2c(-c3ccc4c(c3)CCCN4)nnc2c1. The molecule has 0 radical (unpaired) electrons. The third-order valence-electron chi connectivity index (χ3n) is 3.87. The lowest BCUT2D eigenvalue weighted by atomic mass is 10.0. The van der Waals surface area contributed by atoms with Crippen molar-refractivity contribution in [2.75, 3.05) is 11.9 Å². The van der Waals surface area contributed by atoms with Gasteiger partial charge in [0.2, 0.25) is 0 Å². The summed E-state index contributed by atoms with van der Waals surface area (Å²) in [4.78, 5) is 0. The minimum Gasteiger partial charge on any atom is -0.385 e. The van der Waals surface area contributed by atoms with Crippen molar-refractivity contribution in [3.05, 3.63) is 47.7 Å². The summed E-state index contributed by atoms with van der Waals surface area (Å²) in [6.45, 7) is 3.14. The van der Waals surface area contributed by atoms with Gasteiger partial charge in [-0.2, -0.15) is 0 Å². The minimum atomic E-state index is 0.899. The largest absolute Gasteiger partial charge is 0.385 e. The lowest BCUT2D eigenvalue weighted by Gasteiger charge is -2.18. The monoisotopic (exact) mass is 264 g/mol. The van der Waals surface area contributed by atoms with Gasteiger partial charge in [-0.15, -0.1) is 10.2 Å². The Bertz CT molecular complexity index is 788. The number of hydrogen-bond acceptors (Lipinski definition) is 3. The average Bonchev–Trinajstić information content (AvgIpc) is 2.89. The van der Waals surface area contributed by atoms with Crippen LogP contribution < -0.4 is 5.32 Å². The van der Waals surface area contributed by atoms with Crippen molar-refractivity contribution in [2.45, 2.75) is 19.8 Å². The molecule has 0 amide bonds. The molecule has 3 aromatic rings. The second-order valence-electron chi connectivity index (χ2n) is 5.36. The molecule has 0 spiro atoms. The van der Waals surface area contributed by atoms with Gasteiger partial charge in [0.25, 0.3) is 0 Å². The van der Waals surface area contributed by atoms with Crippen LogP contribution in [0.4, 0.5) is 5.69 Å². The summed E-state index contributed by atoms with van der Waals surface area (Å²) in [7, 11) is 0. The zero-order chi connectivity index (χ0) is 13.5. The molecule has 0 atom stereocenters. The van der Waals surface area contributed by atoms with E-state index >= 15 is 0 Å². The van der Waals surface area contributed by atoms with Crippen LogP contribution in [0.2, 0.25) is 0 Å². The molecule has 0 aliphatic carbocycles. The van der Waals surface area contributed by atoms with Crippen LogP contribution in [0, 0.1) is 6.92 Å². The molecule has 1 N–H and O–H groups in total. The molecule has 1 aromatic carbocycles. The van der Waals surface area contributed by atoms with Crippen molar-refractivity contribution in [1.82, 2.24) is 14.6 Å². The first-order chi connectivity index (χ1) is 9.81. The van der Waals surface area contributed by atoms with E-state index in [4.69, 9.17) is 0 Å². The Hall–Kier alpha value is -2.36. The van der Waals surface area contributed by atoms with Crippen LogP contribution in [-0.4, -0.2) is 21.1 Å². The number of rotatable bonds is 1. The van der Waals surface area contributed by atoms with Gasteiger partial charge < -0.3 is 5.32 Å². The zero-order valence-corrected chi connectivity index (χ0v) is 11.4. The summed E-state index contributed by atoms with van der Waals surface area (Å²) in [5, 5.41) is 12.1. The molecule has 0 fully saturated rings. The highest BCUT2D eigenvalue weighted by atomic mass is 15.2. The first-order valence-electron chi connectivity index (χ1n) is 7.00. The van der Waals surface area contributed by atoms with E-state index in [9.17, 15) is 0 Å². The Balaban J connectivity index is 1.86. The number of benzene rings is 1. The smallest absolute Gasteiger partial charge is 0.168 e. The van der Waals surface area contributed by atoms with E-state index in [1.54, 1.807) is 0 Å². The second-order valence-corrected chi connectivity index (χ2v) is 5.36. The van der Waals surface area contributed by atoms with Gasteiger partial charge in [-0.1, -0.05) is 0 Å². The molecule has 20 heavy (non-hydrogen) atoms. The fraction of sp³-hybridized carbons (Fsp3) is 0.250. The van der Waals surface area contributed by atoms with Crippen LogP contribution in [0.5, 0.6) is 0 Å². The van der Waals surface area contributed by atoms with Gasteiger partial charge in [-0.25, -0.2) is 0 Å². The Morgan fingerprint density at radius 3 is 3.05 bits per heavy atom. The maximum absolute atomic E-state index is 4.35. The first kappa shape index (κ1) is 11.5. The summed E-state index contributed by atoms with van der Waals surface area (Å²) < 4.78 is 2.05. The summed E-state index contributed by atoms with van der Waals surface area (Å²) >= 11 is 0. The molecule has 1 aliphatic rings. The molecule has 4 nitrogen and oxygen atoms in total. The molecule has 0 saturated carbocycles. The topological polar surface area (TPSA) is 42.2 Å². The normalized spacial score (nSPS) is 14.1. The zero-order valence-electron chi connectivity index (χ0n) is 11.4. The third kappa shape index (κ3) is 1.76. The Morgan fingerprint density at radius 2 is 2.10 bits per heavy atom. The molecule has 1 aliphatic heterocycles. The number of fused-ring (bicyclic) bond motifs is 2. The average molecular weight is 264 g/mol. The Morgan fingerprint density at radius 1 is 1.15 bits per heavy atom. The van der Waals surface area contributed by atoms with Crippen LogP contribution in [0.25, 0.3) is 17.0 Å². The molecule has 4 heteroatoms. The molecular weight excluding hydrogens is 248 g/mol. The van der Waals surface area contributed by atoms with E-state index in [0.717, 1.165) is 30.0 Å². The van der Waals surface area contributed by atoms with Crippen LogP contribution in [0.15, 0.2) is 36.5 Å². The van der Waals surface area contributed by atoms with Crippen molar-refractivity contribution in [3.63, 3.8) is 0 Å². The number of anilines is 1. The van der Waals surface area contributed by atoms with Crippen molar-refractivity contribution >= 4 is 11.3 Å². The number of aromatic nitrogens is 3. The fourth-order valence-electron chi connectivity index (χ4n) is 2.80. The van der Waals surface area contributed by atoms with E-state index in [1.807, 2.05) is 10.6 Å². The molecule has 100 valence electrons. The lowest BCUT2D eigenvalue weighted by molar-refractivity contribution is 0.830. The fourth-order valence-corrected chi connectivity index (χ4v) is 2.80. The van der Waals surface area contributed by atoms with Gasteiger partial charge in [0.05, 0.1) is 0 Å². The molecule has 3 heterocycles. The standard InChI is InChI=1S/C16H16N4/c1-11-6-8-20-15(9-11)18-19-16(20)13-4-5-14-12(10-13)3-2-7-17-14/h4-6,8-10,17H,2-3,7H2,1H3. The molecule has 2 aromatic heterocycles. The van der Waals surface area contributed by atoms with Gasteiger partial charge in [0, 0.05) is 24.0 Å². The van der Waals surface area contributed by atoms with Gasteiger partial charge in [0.15, 0.2) is 11.5 Å². The second kappa shape index (κ2) is 4.34. The van der Waals surface area contributed by atoms with Crippen molar-refractivity contribution in [3.8, 4) is 11.4 Å². The summed E-state index contributed by atoms with van der Waals surface area (Å²) in [6.07, 6.45) is 4.36. The molecule has 0 unspecified atom stereocenters. The molecular formula is C16H16N4. The molecule has 0 bridgehead atoms. The van der Waals surface area contributed by atoms with E-state index < -0.39 is 0 Å². The van der Waals surface area contributed by atoms with Crippen LogP contribution in [0.3, 0.4) is 0 Å². The molecule has 0 saturated heterocycles. The predicted octanol–water partition coefficient (Wildman–Crippen LogP) is 3.06. The first-order valence-corrected chi connectivity index (χ1v) is 7.00. The summed E-state index contributed by atoms with van der Waals surface area (Å²) in [5.41, 5.74) is 5.85. The van der Waals surface area contributed by atoms with Crippen molar-refractivity contribution in [1.29, 1.82) is 0 Å². The predicted molar refractivity (Wildman–Crippen MR) is 80.0 cm³/mol. The number of aryl methyl sites for hydroxylation is 2. The van der Waals surface area contributed by atoms with Gasteiger partial charge >= 0.3 is 0 Å². The van der Waals surface area contributed by atoms with Crippen LogP contribution in [0.1, 0.15) is 17.5 Å². The van der Waals surface area contributed by atoms with Crippen LogP contribution >= 0.6 is 0 Å². The molecule has 4 rings (SSSR count). The lowest BCUT2D eigenvalue weighted by Crippen LogP contribution is -2.11. The van der Waals surface area contributed by atoms with Crippen molar-refractivity contribution in [2.24, 2.45) is 0 Å². The minimum absolute atomic E-state index is 0.899. The summed E-state index contributed by atoms with van der Waals surface area (Å²) in [6, 6.07) is 10.6. The number of pyridine rings is 1. The van der Waals surface area contributed by atoms with Gasteiger partial charge in [-0.3, -0.25) is 4.40 Å². The number of nitrogens with zero attached hydrogens (tertiary/aromatic N) is 3. The highest BCUT2D eigenvalue weighted by molar-refractivity contribution is 5.66. The number of hydrogen-bond donors (Lipinski definition) is 1. The van der Waals surface area contributed by atoms with Crippen LogP contribution in [-0.2, 0) is 6.42 Å². The van der Waals surface area contributed by atoms with E-state index in [-0.39, 0.29) is 0 Å². The van der Waals surface area contributed by atoms with Crippen molar-refractivity contribution < 1.29 is 0 Å². The maximum Gasteiger partial charge on any atom is 0.168 e.